The summed E-state index contributed by atoms with van der Waals surface area (Å²) in [6, 6.07) is 0. The highest BCUT2D eigenvalue weighted by molar-refractivity contribution is 5.90. The number of carbonyl (C=O) groups is 1. The van der Waals surface area contributed by atoms with Gasteiger partial charge in [-0.25, -0.2) is 4.79 Å². The van der Waals surface area contributed by atoms with E-state index in [4.69, 9.17) is 9.47 Å². The third-order valence-electron chi connectivity index (χ3n) is 4.78. The summed E-state index contributed by atoms with van der Waals surface area (Å²) in [4.78, 5) is 11.7. The Balaban J connectivity index is 1.99. The van der Waals surface area contributed by atoms with Gasteiger partial charge in [0.1, 0.15) is 6.10 Å². The maximum atomic E-state index is 11.7. The van der Waals surface area contributed by atoms with Gasteiger partial charge in [0, 0.05) is 17.9 Å². The van der Waals surface area contributed by atoms with Crippen molar-refractivity contribution in [1.82, 2.24) is 0 Å². The van der Waals surface area contributed by atoms with Gasteiger partial charge in [-0.15, -0.1) is 0 Å². The average Bonchev–Trinajstić information content (AvgIpc) is 2.51. The molecule has 2 bridgehead atoms. The highest BCUT2D eigenvalue weighted by Crippen LogP contribution is 2.44. The molecule has 3 heterocycles. The van der Waals surface area contributed by atoms with Crippen molar-refractivity contribution in [1.29, 1.82) is 0 Å². The Morgan fingerprint density at radius 3 is 3.00 bits per heavy atom. The van der Waals surface area contributed by atoms with Crippen LogP contribution in [-0.2, 0) is 14.3 Å². The fraction of sp³-hybridized carbons (Fsp3) is 0.667. The van der Waals surface area contributed by atoms with E-state index in [1.165, 1.54) is 0 Å². The van der Waals surface area contributed by atoms with Crippen molar-refractivity contribution in [2.75, 3.05) is 0 Å². The van der Waals surface area contributed by atoms with E-state index in [0.29, 0.717) is 24.8 Å². The van der Waals surface area contributed by atoms with Crippen molar-refractivity contribution in [3.05, 3.63) is 23.8 Å². The van der Waals surface area contributed by atoms with Crippen LogP contribution in [0.25, 0.3) is 0 Å². The van der Waals surface area contributed by atoms with E-state index >= 15 is 0 Å². The minimum absolute atomic E-state index is 0.00738. The molecule has 2 fully saturated rings. The van der Waals surface area contributed by atoms with Gasteiger partial charge in [0.15, 0.2) is 0 Å². The second-order valence-electron chi connectivity index (χ2n) is 6.13. The first-order valence-corrected chi connectivity index (χ1v) is 6.83. The molecule has 0 saturated carbocycles. The van der Waals surface area contributed by atoms with Gasteiger partial charge in [0.05, 0.1) is 17.8 Å². The lowest BCUT2D eigenvalue weighted by atomic mass is 9.83. The number of esters is 1. The van der Waals surface area contributed by atoms with E-state index in [9.17, 15) is 9.90 Å². The van der Waals surface area contributed by atoms with Crippen molar-refractivity contribution in [2.24, 2.45) is 5.92 Å². The summed E-state index contributed by atoms with van der Waals surface area (Å²) in [6.07, 6.45) is 3.02. The first-order valence-electron chi connectivity index (χ1n) is 6.83. The summed E-state index contributed by atoms with van der Waals surface area (Å²) in [5.41, 5.74) is 1.00. The molecule has 2 saturated heterocycles. The summed E-state index contributed by atoms with van der Waals surface area (Å²) in [5.74, 6) is -0.290. The normalized spacial score (nSPS) is 45.9. The van der Waals surface area contributed by atoms with Crippen LogP contribution in [-0.4, -0.2) is 35.0 Å². The Kier molecular flexibility index (Phi) is 2.84. The van der Waals surface area contributed by atoms with Crippen molar-refractivity contribution in [3.8, 4) is 0 Å². The molecule has 19 heavy (non-hydrogen) atoms. The van der Waals surface area contributed by atoms with Gasteiger partial charge in [-0.2, -0.15) is 0 Å². The highest BCUT2D eigenvalue weighted by atomic mass is 16.6. The lowest BCUT2D eigenvalue weighted by Crippen LogP contribution is -2.44. The Hall–Kier alpha value is -1.13. The summed E-state index contributed by atoms with van der Waals surface area (Å²) in [5, 5.41) is 10.3. The molecule has 4 heteroatoms. The Morgan fingerprint density at radius 1 is 1.53 bits per heavy atom. The molecule has 5 atom stereocenters. The van der Waals surface area contributed by atoms with Crippen LogP contribution in [0, 0.1) is 5.92 Å². The number of aliphatic hydroxyl groups excluding tert-OH is 1. The van der Waals surface area contributed by atoms with Gasteiger partial charge in [-0.3, -0.25) is 0 Å². The van der Waals surface area contributed by atoms with Crippen molar-refractivity contribution >= 4 is 5.97 Å². The summed E-state index contributed by atoms with van der Waals surface area (Å²) in [7, 11) is 0. The van der Waals surface area contributed by atoms with Gasteiger partial charge in [-0.05, 0) is 32.3 Å². The van der Waals surface area contributed by atoms with Crippen molar-refractivity contribution < 1.29 is 19.4 Å². The molecule has 0 amide bonds. The molecule has 1 N–H and O–H groups in total. The Bertz CT molecular complexity index is 467. The number of hydrogen-bond acceptors (Lipinski definition) is 4. The van der Waals surface area contributed by atoms with E-state index < -0.39 is 11.7 Å². The van der Waals surface area contributed by atoms with Crippen LogP contribution in [0.1, 0.15) is 33.1 Å². The predicted octanol–water partition coefficient (Wildman–Crippen LogP) is 1.73. The van der Waals surface area contributed by atoms with E-state index in [-0.39, 0.29) is 24.1 Å². The zero-order chi connectivity index (χ0) is 13.8. The van der Waals surface area contributed by atoms with E-state index in [1.54, 1.807) is 0 Å². The second-order valence-corrected chi connectivity index (χ2v) is 6.13. The molecule has 0 aromatic heterocycles. The fourth-order valence-electron chi connectivity index (χ4n) is 3.37. The first kappa shape index (κ1) is 12.9. The molecule has 3 aliphatic heterocycles. The van der Waals surface area contributed by atoms with Crippen LogP contribution in [0.15, 0.2) is 23.8 Å². The lowest BCUT2D eigenvalue weighted by molar-refractivity contribution is -0.151. The standard InChI is InChI=1S/C15H20O4/c1-8-4-5-13(16)15(3)7-12-10(6-11(8)19-15)9(2)14(17)18-12/h4,10-13,16H,2,5-7H2,1,3H3. The molecule has 5 unspecified atom stereocenters. The van der Waals surface area contributed by atoms with E-state index in [0.717, 1.165) is 5.57 Å². The number of carbonyl (C=O) groups excluding carboxylic acids is 1. The Morgan fingerprint density at radius 2 is 2.26 bits per heavy atom. The third-order valence-corrected chi connectivity index (χ3v) is 4.78. The van der Waals surface area contributed by atoms with Crippen LogP contribution in [0.4, 0.5) is 0 Å². The van der Waals surface area contributed by atoms with Crippen LogP contribution in [0.3, 0.4) is 0 Å². The maximum absolute atomic E-state index is 11.7. The topological polar surface area (TPSA) is 55.8 Å². The summed E-state index contributed by atoms with van der Waals surface area (Å²) >= 11 is 0. The van der Waals surface area contributed by atoms with Crippen molar-refractivity contribution in [3.63, 3.8) is 0 Å². The second kappa shape index (κ2) is 4.18. The number of ether oxygens (including phenoxy) is 2. The quantitative estimate of drug-likeness (QED) is 0.411. The Labute approximate surface area is 113 Å². The first-order chi connectivity index (χ1) is 8.90. The van der Waals surface area contributed by atoms with Gasteiger partial charge >= 0.3 is 5.97 Å². The summed E-state index contributed by atoms with van der Waals surface area (Å²) in [6.45, 7) is 7.78. The minimum Gasteiger partial charge on any atom is -0.458 e. The van der Waals surface area contributed by atoms with Gasteiger partial charge in [0.2, 0.25) is 0 Å². The number of rotatable bonds is 0. The molecule has 0 aromatic carbocycles. The molecule has 0 radical (unpaired) electrons. The summed E-state index contributed by atoms with van der Waals surface area (Å²) < 4.78 is 11.6. The van der Waals surface area contributed by atoms with Gasteiger partial charge < -0.3 is 14.6 Å². The zero-order valence-electron chi connectivity index (χ0n) is 11.4. The molecule has 0 aromatic rings. The predicted molar refractivity (Wildman–Crippen MR) is 69.4 cm³/mol. The lowest BCUT2D eigenvalue weighted by Gasteiger charge is -2.35. The SMILES string of the molecule is C=C1C(=O)OC2CC3(C)OC(CC12)C(C)=CCC3O. The number of fused-ring (bicyclic) bond motifs is 3. The largest absolute Gasteiger partial charge is 0.458 e. The molecule has 104 valence electrons. The smallest absolute Gasteiger partial charge is 0.334 e. The molecule has 0 spiro atoms. The molecule has 0 aliphatic carbocycles. The number of hydrogen-bond donors (Lipinski definition) is 1. The zero-order valence-corrected chi connectivity index (χ0v) is 11.4. The molecule has 3 rings (SSSR count). The van der Waals surface area contributed by atoms with Crippen molar-refractivity contribution in [2.45, 2.75) is 57.0 Å². The average molecular weight is 264 g/mol. The van der Waals surface area contributed by atoms with Crippen LogP contribution in [0.2, 0.25) is 0 Å². The maximum Gasteiger partial charge on any atom is 0.334 e. The third kappa shape index (κ3) is 1.94. The van der Waals surface area contributed by atoms with Gasteiger partial charge in [-0.1, -0.05) is 12.7 Å². The molecular formula is C15H20O4. The molecule has 3 aliphatic rings. The molecule has 4 nitrogen and oxygen atoms in total. The molecular weight excluding hydrogens is 244 g/mol. The van der Waals surface area contributed by atoms with Crippen LogP contribution >= 0.6 is 0 Å². The highest BCUT2D eigenvalue weighted by Gasteiger charge is 2.51. The van der Waals surface area contributed by atoms with Crippen LogP contribution in [0.5, 0.6) is 0 Å². The monoisotopic (exact) mass is 264 g/mol. The number of aliphatic hydroxyl groups is 1. The van der Waals surface area contributed by atoms with Crippen LogP contribution < -0.4 is 0 Å². The fourth-order valence-corrected chi connectivity index (χ4v) is 3.37. The van der Waals surface area contributed by atoms with Gasteiger partial charge in [0.25, 0.3) is 0 Å². The minimum atomic E-state index is -0.663. The van der Waals surface area contributed by atoms with E-state index in [2.05, 4.69) is 6.58 Å². The van der Waals surface area contributed by atoms with E-state index in [1.807, 2.05) is 19.9 Å².